The lowest BCUT2D eigenvalue weighted by molar-refractivity contribution is -0.384. The highest BCUT2D eigenvalue weighted by Gasteiger charge is 2.11. The summed E-state index contributed by atoms with van der Waals surface area (Å²) < 4.78 is 28.9. The molecule has 0 saturated heterocycles. The zero-order chi connectivity index (χ0) is 17.5. The predicted octanol–water partition coefficient (Wildman–Crippen LogP) is 3.25. The van der Waals surface area contributed by atoms with Crippen molar-refractivity contribution >= 4 is 23.0 Å². The standard InChI is InChI=1S/C15H13F2N3O4/c16-15(17)24-13-4-2-1-3-12(13)19-14(21)9-18-10-5-7-11(8-6-10)20(22)23/h1-8,15,18H,9H2,(H,19,21). The maximum atomic E-state index is 12.3. The SMILES string of the molecule is O=C(CNc1ccc([N+](=O)[O-])cc1)Nc1ccccc1OC(F)F. The minimum atomic E-state index is -3.00. The summed E-state index contributed by atoms with van der Waals surface area (Å²) in [4.78, 5) is 21.9. The summed E-state index contributed by atoms with van der Waals surface area (Å²) in [5.41, 5.74) is 0.559. The number of ether oxygens (including phenoxy) is 1. The van der Waals surface area contributed by atoms with Gasteiger partial charge in [-0.3, -0.25) is 14.9 Å². The first-order chi connectivity index (χ1) is 11.5. The fraction of sp³-hybridized carbons (Fsp3) is 0.133. The van der Waals surface area contributed by atoms with Gasteiger partial charge in [-0.25, -0.2) is 0 Å². The number of hydrogen-bond donors (Lipinski definition) is 2. The van der Waals surface area contributed by atoms with Gasteiger partial charge in [-0.15, -0.1) is 0 Å². The molecule has 0 unspecified atom stereocenters. The molecule has 7 nitrogen and oxygen atoms in total. The van der Waals surface area contributed by atoms with Crippen LogP contribution in [0.1, 0.15) is 0 Å². The first-order valence-electron chi connectivity index (χ1n) is 6.77. The monoisotopic (exact) mass is 337 g/mol. The predicted molar refractivity (Wildman–Crippen MR) is 83.3 cm³/mol. The molecular formula is C15H13F2N3O4. The molecule has 2 aromatic carbocycles. The number of nitrogens with one attached hydrogen (secondary N) is 2. The Kier molecular flexibility index (Phi) is 5.61. The molecule has 24 heavy (non-hydrogen) atoms. The highest BCUT2D eigenvalue weighted by molar-refractivity contribution is 5.95. The molecule has 9 heteroatoms. The van der Waals surface area contributed by atoms with Gasteiger partial charge in [-0.05, 0) is 24.3 Å². The van der Waals surface area contributed by atoms with Crippen LogP contribution < -0.4 is 15.4 Å². The molecule has 0 aliphatic rings. The topological polar surface area (TPSA) is 93.5 Å². The highest BCUT2D eigenvalue weighted by atomic mass is 19.3. The maximum absolute atomic E-state index is 12.3. The highest BCUT2D eigenvalue weighted by Crippen LogP contribution is 2.25. The summed E-state index contributed by atoms with van der Waals surface area (Å²) in [5.74, 6) is -0.630. The van der Waals surface area contributed by atoms with Crippen LogP contribution in [0.25, 0.3) is 0 Å². The molecule has 0 saturated carbocycles. The number of rotatable bonds is 7. The summed E-state index contributed by atoms with van der Waals surface area (Å²) in [6.07, 6.45) is 0. The summed E-state index contributed by atoms with van der Waals surface area (Å²) in [6.45, 7) is -3.15. The number of nitro groups is 1. The number of nitrogens with zero attached hydrogens (tertiary/aromatic N) is 1. The number of non-ortho nitro benzene ring substituents is 1. The molecule has 0 atom stereocenters. The third-order valence-electron chi connectivity index (χ3n) is 2.91. The zero-order valence-electron chi connectivity index (χ0n) is 12.2. The molecule has 0 heterocycles. The summed E-state index contributed by atoms with van der Waals surface area (Å²) in [5, 5.41) is 15.8. The Morgan fingerprint density at radius 1 is 1.17 bits per heavy atom. The van der Waals surface area contributed by atoms with E-state index in [2.05, 4.69) is 15.4 Å². The normalized spacial score (nSPS) is 10.3. The molecule has 2 rings (SSSR count). The Morgan fingerprint density at radius 2 is 1.83 bits per heavy atom. The van der Waals surface area contributed by atoms with Crippen molar-refractivity contribution < 1.29 is 23.2 Å². The van der Waals surface area contributed by atoms with Gasteiger partial charge < -0.3 is 15.4 Å². The number of para-hydroxylation sites is 2. The van der Waals surface area contributed by atoms with E-state index in [0.717, 1.165) is 0 Å². The number of hydrogen-bond acceptors (Lipinski definition) is 5. The number of alkyl halides is 2. The van der Waals surface area contributed by atoms with Crippen LogP contribution in [0.15, 0.2) is 48.5 Å². The van der Waals surface area contributed by atoms with Gasteiger partial charge >= 0.3 is 6.61 Å². The second-order valence-corrected chi connectivity index (χ2v) is 4.58. The fourth-order valence-electron chi connectivity index (χ4n) is 1.85. The van der Waals surface area contributed by atoms with Crippen LogP contribution in [0.5, 0.6) is 5.75 Å². The van der Waals surface area contributed by atoms with Gasteiger partial charge in [-0.2, -0.15) is 8.78 Å². The van der Waals surface area contributed by atoms with E-state index in [1.165, 1.54) is 42.5 Å². The van der Waals surface area contributed by atoms with Crippen molar-refractivity contribution in [3.8, 4) is 5.75 Å². The first-order valence-corrected chi connectivity index (χ1v) is 6.77. The number of carbonyl (C=O) groups excluding carboxylic acids is 1. The number of amides is 1. The third kappa shape index (κ3) is 4.90. The Labute approximate surface area is 135 Å². The Bertz CT molecular complexity index is 723. The summed E-state index contributed by atoms with van der Waals surface area (Å²) in [6, 6.07) is 11.3. The lowest BCUT2D eigenvalue weighted by Gasteiger charge is -2.12. The quantitative estimate of drug-likeness (QED) is 0.597. The molecule has 2 aromatic rings. The van der Waals surface area contributed by atoms with Crippen molar-refractivity contribution in [2.75, 3.05) is 17.2 Å². The smallest absolute Gasteiger partial charge is 0.387 e. The van der Waals surface area contributed by atoms with E-state index >= 15 is 0 Å². The Hall–Kier alpha value is -3.23. The van der Waals surface area contributed by atoms with E-state index in [1.807, 2.05) is 0 Å². The second kappa shape index (κ2) is 7.86. The lowest BCUT2D eigenvalue weighted by Crippen LogP contribution is -2.22. The van der Waals surface area contributed by atoms with E-state index in [4.69, 9.17) is 0 Å². The second-order valence-electron chi connectivity index (χ2n) is 4.58. The Balaban J connectivity index is 1.93. The lowest BCUT2D eigenvalue weighted by atomic mass is 10.2. The van der Waals surface area contributed by atoms with Gasteiger partial charge in [0.05, 0.1) is 17.2 Å². The molecule has 0 aliphatic heterocycles. The zero-order valence-corrected chi connectivity index (χ0v) is 12.2. The molecule has 0 spiro atoms. The van der Waals surface area contributed by atoms with Crippen LogP contribution >= 0.6 is 0 Å². The van der Waals surface area contributed by atoms with Crippen LogP contribution in [0.3, 0.4) is 0 Å². The maximum Gasteiger partial charge on any atom is 0.387 e. The van der Waals surface area contributed by atoms with Crippen LogP contribution in [0.4, 0.5) is 25.8 Å². The van der Waals surface area contributed by atoms with Crippen LogP contribution in [0.2, 0.25) is 0 Å². The average molecular weight is 337 g/mol. The van der Waals surface area contributed by atoms with Crippen molar-refractivity contribution in [1.29, 1.82) is 0 Å². The van der Waals surface area contributed by atoms with E-state index in [-0.39, 0.29) is 23.7 Å². The van der Waals surface area contributed by atoms with E-state index in [9.17, 15) is 23.7 Å². The van der Waals surface area contributed by atoms with E-state index in [0.29, 0.717) is 5.69 Å². The summed E-state index contributed by atoms with van der Waals surface area (Å²) in [7, 11) is 0. The molecule has 0 aliphatic carbocycles. The largest absolute Gasteiger partial charge is 0.433 e. The first kappa shape index (κ1) is 17.1. The van der Waals surface area contributed by atoms with Gasteiger partial charge in [0.2, 0.25) is 5.91 Å². The van der Waals surface area contributed by atoms with Crippen molar-refractivity contribution in [2.45, 2.75) is 6.61 Å². The van der Waals surface area contributed by atoms with Gasteiger partial charge in [0.25, 0.3) is 5.69 Å². The Morgan fingerprint density at radius 3 is 2.46 bits per heavy atom. The van der Waals surface area contributed by atoms with Crippen LogP contribution in [-0.4, -0.2) is 24.0 Å². The van der Waals surface area contributed by atoms with Crippen LogP contribution in [-0.2, 0) is 4.79 Å². The third-order valence-corrected chi connectivity index (χ3v) is 2.91. The molecule has 2 N–H and O–H groups in total. The number of anilines is 2. The van der Waals surface area contributed by atoms with Crippen molar-refractivity contribution in [3.63, 3.8) is 0 Å². The molecule has 0 radical (unpaired) electrons. The number of halogens is 2. The summed E-state index contributed by atoms with van der Waals surface area (Å²) >= 11 is 0. The van der Waals surface area contributed by atoms with Gasteiger partial charge in [-0.1, -0.05) is 12.1 Å². The van der Waals surface area contributed by atoms with E-state index in [1.54, 1.807) is 6.07 Å². The molecule has 0 aromatic heterocycles. The van der Waals surface area contributed by atoms with E-state index < -0.39 is 17.4 Å². The van der Waals surface area contributed by atoms with Gasteiger partial charge in [0, 0.05) is 17.8 Å². The number of benzene rings is 2. The van der Waals surface area contributed by atoms with Crippen molar-refractivity contribution in [3.05, 3.63) is 58.6 Å². The molecule has 126 valence electrons. The molecule has 0 bridgehead atoms. The molecular weight excluding hydrogens is 324 g/mol. The minimum absolute atomic E-state index is 0.0666. The average Bonchev–Trinajstić information content (AvgIpc) is 2.54. The minimum Gasteiger partial charge on any atom is -0.433 e. The van der Waals surface area contributed by atoms with Crippen LogP contribution in [0, 0.1) is 10.1 Å². The van der Waals surface area contributed by atoms with Crippen molar-refractivity contribution in [1.82, 2.24) is 0 Å². The van der Waals surface area contributed by atoms with Gasteiger partial charge in [0.15, 0.2) is 0 Å². The molecule has 1 amide bonds. The molecule has 0 fully saturated rings. The van der Waals surface area contributed by atoms with Gasteiger partial charge in [0.1, 0.15) is 5.75 Å². The van der Waals surface area contributed by atoms with Crippen molar-refractivity contribution in [2.24, 2.45) is 0 Å². The number of nitro benzene ring substituents is 1. The fourth-order valence-corrected chi connectivity index (χ4v) is 1.85. The number of carbonyl (C=O) groups is 1.